The fourth-order valence-corrected chi connectivity index (χ4v) is 6.60. The molecule has 0 saturated carbocycles. The van der Waals surface area contributed by atoms with Crippen molar-refractivity contribution in [2.24, 2.45) is 9.98 Å². The molecule has 218 valence electrons. The minimum absolute atomic E-state index is 0.0334. The summed E-state index contributed by atoms with van der Waals surface area (Å²) < 4.78 is 5.82. The second-order valence-corrected chi connectivity index (χ2v) is 11.5. The maximum absolute atomic E-state index is 5.82. The molecular weight excluding hydrogens is 540 g/mol. The van der Waals surface area contributed by atoms with Crippen LogP contribution in [-0.2, 0) is 13.1 Å². The minimum Gasteiger partial charge on any atom is -0.497 e. The predicted octanol–water partition coefficient (Wildman–Crippen LogP) is 8.35. The normalized spacial score (nSPS) is 20.8. The summed E-state index contributed by atoms with van der Waals surface area (Å²) in [7, 11) is 1.74. The number of benzene rings is 5. The van der Waals surface area contributed by atoms with Crippen LogP contribution >= 0.6 is 0 Å². The number of hydrogen-bond donors (Lipinski definition) is 0. The maximum atomic E-state index is 5.82. The van der Waals surface area contributed by atoms with E-state index >= 15 is 0 Å². The Bertz CT molecular complexity index is 1600. The van der Waals surface area contributed by atoms with Crippen LogP contribution in [0.4, 0.5) is 0 Å². The molecule has 5 nitrogen and oxygen atoms in total. The third kappa shape index (κ3) is 5.73. The van der Waals surface area contributed by atoms with E-state index in [0.717, 1.165) is 18.8 Å². The van der Waals surface area contributed by atoms with Crippen LogP contribution in [-0.4, -0.2) is 29.6 Å². The molecule has 7 rings (SSSR count). The highest BCUT2D eigenvalue weighted by Crippen LogP contribution is 2.42. The summed E-state index contributed by atoms with van der Waals surface area (Å²) in [6.07, 6.45) is 4.05. The molecular formula is C39H36N4O. The zero-order valence-corrected chi connectivity index (χ0v) is 24.9. The van der Waals surface area contributed by atoms with Crippen LogP contribution in [0.25, 0.3) is 0 Å². The highest BCUT2D eigenvalue weighted by Gasteiger charge is 2.35. The molecule has 0 aromatic heterocycles. The van der Waals surface area contributed by atoms with Crippen molar-refractivity contribution < 1.29 is 4.74 Å². The fourth-order valence-electron chi connectivity index (χ4n) is 6.60. The number of nitrogens with zero attached hydrogens (tertiary/aromatic N) is 4. The van der Waals surface area contributed by atoms with Crippen molar-refractivity contribution in [3.63, 3.8) is 0 Å². The molecule has 2 aliphatic rings. The first-order valence-corrected chi connectivity index (χ1v) is 15.2. The number of rotatable bonds is 9. The number of aliphatic imine (C=N–C) groups is 2. The van der Waals surface area contributed by atoms with Crippen molar-refractivity contribution in [2.45, 2.75) is 37.3 Å². The Hall–Kier alpha value is -5.16. The van der Waals surface area contributed by atoms with Crippen molar-refractivity contribution in [1.82, 2.24) is 9.80 Å². The van der Waals surface area contributed by atoms with Gasteiger partial charge in [-0.05, 0) is 45.5 Å². The lowest BCUT2D eigenvalue weighted by molar-refractivity contribution is 0.305. The van der Waals surface area contributed by atoms with Crippen LogP contribution in [0.2, 0.25) is 0 Å². The van der Waals surface area contributed by atoms with Gasteiger partial charge in [-0.2, -0.15) is 0 Å². The van der Waals surface area contributed by atoms with E-state index in [2.05, 4.69) is 149 Å². The summed E-state index contributed by atoms with van der Waals surface area (Å²) in [6, 6.07) is 49.5. The van der Waals surface area contributed by atoms with E-state index in [9.17, 15) is 0 Å². The first-order chi connectivity index (χ1) is 21.8. The van der Waals surface area contributed by atoms with Gasteiger partial charge in [0.1, 0.15) is 17.8 Å². The van der Waals surface area contributed by atoms with Gasteiger partial charge in [-0.3, -0.25) is 9.98 Å². The fraction of sp³-hybridized carbons (Fsp3) is 0.179. The lowest BCUT2D eigenvalue weighted by Crippen LogP contribution is -2.26. The quantitative estimate of drug-likeness (QED) is 0.177. The van der Waals surface area contributed by atoms with Crippen LogP contribution in [0, 0.1) is 0 Å². The van der Waals surface area contributed by atoms with Gasteiger partial charge < -0.3 is 14.5 Å². The monoisotopic (exact) mass is 576 g/mol. The Balaban J connectivity index is 1.17. The zero-order valence-electron chi connectivity index (χ0n) is 24.9. The summed E-state index contributed by atoms with van der Waals surface area (Å²) in [5, 5.41) is 0. The SMILES string of the molecule is COc1cc(CN2C=N[C@H](c3ccccc3)[C@H]2c2ccccc2)cc(CN2C=N[C@@H](c3ccccc3)[C@@H]2c2ccccc2)c1. The molecule has 0 bridgehead atoms. The predicted molar refractivity (Wildman–Crippen MR) is 178 cm³/mol. The Morgan fingerprint density at radius 2 is 0.864 bits per heavy atom. The van der Waals surface area contributed by atoms with E-state index in [1.807, 2.05) is 12.7 Å². The third-order valence-corrected chi connectivity index (χ3v) is 8.62. The van der Waals surface area contributed by atoms with Crippen LogP contribution < -0.4 is 4.74 Å². The van der Waals surface area contributed by atoms with Crippen LogP contribution in [0.5, 0.6) is 5.75 Å². The van der Waals surface area contributed by atoms with Gasteiger partial charge in [0.2, 0.25) is 0 Å². The summed E-state index contributed by atoms with van der Waals surface area (Å²) in [4.78, 5) is 14.8. The van der Waals surface area contributed by atoms with Gasteiger partial charge in [-0.1, -0.05) is 127 Å². The standard InChI is InChI=1S/C39H36N4O/c1-44-35-23-29(25-42-27-40-36(31-14-6-2-7-15-31)38(42)33-18-10-4-11-19-33)22-30(24-35)26-43-28-41-37(32-16-8-3-9-17-32)39(43)34-20-12-5-13-21-34/h2-24,27-28,36-39H,25-26H2,1H3/t36-,37+,38-,39+. The van der Waals surface area contributed by atoms with Gasteiger partial charge in [0, 0.05) is 13.1 Å². The van der Waals surface area contributed by atoms with Crippen molar-refractivity contribution in [3.8, 4) is 5.75 Å². The van der Waals surface area contributed by atoms with Crippen molar-refractivity contribution in [1.29, 1.82) is 0 Å². The second-order valence-electron chi connectivity index (χ2n) is 11.5. The summed E-state index contributed by atoms with van der Waals surface area (Å²) in [5.74, 6) is 0.858. The van der Waals surface area contributed by atoms with Gasteiger partial charge in [0.15, 0.2) is 0 Å². The molecule has 0 fully saturated rings. The highest BCUT2D eigenvalue weighted by atomic mass is 16.5. The number of methoxy groups -OCH3 is 1. The third-order valence-electron chi connectivity index (χ3n) is 8.62. The Kier molecular flexibility index (Phi) is 7.92. The molecule has 5 aromatic rings. The van der Waals surface area contributed by atoms with Gasteiger partial charge in [0.05, 0.1) is 31.9 Å². The Labute approximate surface area is 259 Å². The molecule has 2 heterocycles. The Morgan fingerprint density at radius 3 is 1.23 bits per heavy atom. The van der Waals surface area contributed by atoms with E-state index in [-0.39, 0.29) is 24.2 Å². The smallest absolute Gasteiger partial charge is 0.119 e. The minimum atomic E-state index is 0.0334. The van der Waals surface area contributed by atoms with E-state index in [4.69, 9.17) is 14.7 Å². The molecule has 4 atom stereocenters. The van der Waals surface area contributed by atoms with Crippen molar-refractivity contribution in [2.75, 3.05) is 7.11 Å². The van der Waals surface area contributed by atoms with Crippen LogP contribution in [0.1, 0.15) is 57.5 Å². The van der Waals surface area contributed by atoms with Crippen molar-refractivity contribution in [3.05, 3.63) is 173 Å². The molecule has 0 amide bonds. The first kappa shape index (κ1) is 27.7. The molecule has 0 N–H and O–H groups in total. The molecule has 5 aromatic carbocycles. The van der Waals surface area contributed by atoms with Crippen LogP contribution in [0.3, 0.4) is 0 Å². The second kappa shape index (κ2) is 12.6. The Morgan fingerprint density at radius 1 is 0.500 bits per heavy atom. The first-order valence-electron chi connectivity index (χ1n) is 15.2. The highest BCUT2D eigenvalue weighted by molar-refractivity contribution is 5.62. The molecule has 0 aliphatic carbocycles. The summed E-state index contributed by atoms with van der Waals surface area (Å²) >= 11 is 0. The summed E-state index contributed by atoms with van der Waals surface area (Å²) in [5.41, 5.74) is 7.33. The molecule has 0 unspecified atom stereocenters. The van der Waals surface area contributed by atoms with Crippen molar-refractivity contribution >= 4 is 12.7 Å². The zero-order chi connectivity index (χ0) is 29.7. The van der Waals surface area contributed by atoms with Crippen LogP contribution in [0.15, 0.2) is 150 Å². The van der Waals surface area contributed by atoms with E-state index < -0.39 is 0 Å². The molecule has 44 heavy (non-hydrogen) atoms. The number of hydrogen-bond acceptors (Lipinski definition) is 5. The molecule has 2 aliphatic heterocycles. The van der Waals surface area contributed by atoms with Gasteiger partial charge >= 0.3 is 0 Å². The van der Waals surface area contributed by atoms with E-state index in [1.165, 1.54) is 33.4 Å². The van der Waals surface area contributed by atoms with E-state index in [1.54, 1.807) is 7.11 Å². The molecule has 0 saturated heterocycles. The largest absolute Gasteiger partial charge is 0.497 e. The average molecular weight is 577 g/mol. The summed E-state index contributed by atoms with van der Waals surface area (Å²) in [6.45, 7) is 1.44. The van der Waals surface area contributed by atoms with Gasteiger partial charge in [-0.15, -0.1) is 0 Å². The van der Waals surface area contributed by atoms with E-state index in [0.29, 0.717) is 0 Å². The lowest BCUT2D eigenvalue weighted by Gasteiger charge is -2.30. The molecule has 5 heteroatoms. The topological polar surface area (TPSA) is 40.4 Å². The average Bonchev–Trinajstić information content (AvgIpc) is 3.70. The molecule has 0 radical (unpaired) electrons. The maximum Gasteiger partial charge on any atom is 0.119 e. The van der Waals surface area contributed by atoms with Gasteiger partial charge in [0.25, 0.3) is 0 Å². The molecule has 0 spiro atoms. The lowest BCUT2D eigenvalue weighted by atomic mass is 9.93. The number of ether oxygens (including phenoxy) is 1. The van der Waals surface area contributed by atoms with Gasteiger partial charge in [-0.25, -0.2) is 0 Å².